The van der Waals surface area contributed by atoms with Crippen molar-refractivity contribution in [3.8, 4) is 5.75 Å². The molecule has 1 aliphatic heterocycles. The quantitative estimate of drug-likeness (QED) is 0.0916. The van der Waals surface area contributed by atoms with Crippen LogP contribution in [0.4, 0.5) is 5.69 Å². The fourth-order valence-electron chi connectivity index (χ4n) is 8.06. The normalized spacial score (nSPS) is 17.6. The monoisotopic (exact) mass is 1020 g/mol. The maximum atomic E-state index is 14.4. The van der Waals surface area contributed by atoms with Gasteiger partial charge in [0.2, 0.25) is 23.6 Å². The van der Waals surface area contributed by atoms with Crippen LogP contribution < -0.4 is 26.0 Å². The molecule has 0 saturated carbocycles. The number of likely N-dealkylation sites (N-methyl/N-ethyl adjacent to an activating group) is 1. The number of esters is 3. The highest BCUT2D eigenvalue weighted by Crippen LogP contribution is 2.34. The zero-order chi connectivity index (χ0) is 54.0. The molecule has 0 bridgehead atoms. The fourth-order valence-corrected chi connectivity index (χ4v) is 8.90. The predicted molar refractivity (Wildman–Crippen MR) is 273 cm³/mol. The summed E-state index contributed by atoms with van der Waals surface area (Å²) < 4.78 is 16.5. The molecule has 0 radical (unpaired) electrons. The number of aromatic nitrogens is 1. The van der Waals surface area contributed by atoms with E-state index in [-0.39, 0.29) is 111 Å². The highest BCUT2D eigenvalue weighted by Gasteiger charge is 2.39. The van der Waals surface area contributed by atoms with Gasteiger partial charge in [0.05, 0.1) is 24.3 Å². The van der Waals surface area contributed by atoms with Crippen LogP contribution in [-0.2, 0) is 54.3 Å². The van der Waals surface area contributed by atoms with Crippen molar-refractivity contribution in [2.24, 2.45) is 23.7 Å². The number of rotatable bonds is 20. The van der Waals surface area contributed by atoms with Crippen LogP contribution in [0.15, 0.2) is 35.2 Å². The summed E-state index contributed by atoms with van der Waals surface area (Å²) in [5.41, 5.74) is 0.211. The molecular formula is C52H77N7O12S. The van der Waals surface area contributed by atoms with Gasteiger partial charge in [-0.05, 0) is 90.1 Å². The minimum absolute atomic E-state index is 0.00588. The molecule has 19 nitrogen and oxygen atoms in total. The number of methoxy groups -OCH3 is 1. The van der Waals surface area contributed by atoms with Gasteiger partial charge in [-0.15, -0.1) is 11.3 Å². The van der Waals surface area contributed by atoms with Crippen molar-refractivity contribution in [2.75, 3.05) is 46.7 Å². The lowest BCUT2D eigenvalue weighted by atomic mass is 9.81. The van der Waals surface area contributed by atoms with Crippen LogP contribution in [0.3, 0.4) is 0 Å². The summed E-state index contributed by atoms with van der Waals surface area (Å²) in [4.78, 5) is 126. The van der Waals surface area contributed by atoms with Crippen molar-refractivity contribution in [3.63, 3.8) is 0 Å². The number of nitrogens with zero attached hydrogens (tertiary/aromatic N) is 3. The van der Waals surface area contributed by atoms with E-state index in [9.17, 15) is 43.2 Å². The summed E-state index contributed by atoms with van der Waals surface area (Å²) >= 11 is 1.12. The molecule has 0 aliphatic carbocycles. The molecule has 1 aromatic heterocycles. The number of benzene rings is 1. The van der Waals surface area contributed by atoms with E-state index < -0.39 is 77.1 Å². The number of thiazole rings is 1. The van der Waals surface area contributed by atoms with E-state index in [2.05, 4.69) is 26.3 Å². The second-order valence-electron chi connectivity index (χ2n) is 19.7. The van der Waals surface area contributed by atoms with Crippen LogP contribution in [0.1, 0.15) is 141 Å². The molecule has 2 heterocycles. The molecule has 2 aromatic rings. The van der Waals surface area contributed by atoms with Gasteiger partial charge in [0.25, 0.3) is 5.91 Å². The number of carbonyl (C=O) groups is 9. The maximum absolute atomic E-state index is 14.4. The smallest absolute Gasteiger partial charge is 0.311 e. The predicted octanol–water partition coefficient (Wildman–Crippen LogP) is 5.72. The first kappa shape index (κ1) is 60.3. The highest BCUT2D eigenvalue weighted by molar-refractivity contribution is 7.09. The van der Waals surface area contributed by atoms with Crippen LogP contribution in [0.25, 0.3) is 0 Å². The molecule has 1 aliphatic rings. The Balaban J connectivity index is 1.92. The standard InChI is InChI=1S/C52H77N7O12S/c1-14-31(4)37(27-43(61)52(8,9)58(10)11)50(67)59(12)40(30(2)3)28-42(70-34(7)60)49-57-39(29-72-49)48(66)55-36(23-33(6)51(68)69-13)25-35-19-20-41-38(26-35)56-44(62)17-15-21-53-45(63)24-32(5)47(65)54-22-16-18-46(64)71-41/h19-20,24,26,29-31,33,36-37,40,42H,14-18,21-23,25,27-28H2,1-13H3,(H,53,63)(H,54,65)(H,55,66)(H,56,62)/b32-24-/t31-,33?,36+,37-,40+,42+/m0/s1. The van der Waals surface area contributed by atoms with E-state index in [0.717, 1.165) is 11.3 Å². The van der Waals surface area contributed by atoms with E-state index in [4.69, 9.17) is 14.2 Å². The van der Waals surface area contributed by atoms with E-state index in [1.165, 1.54) is 38.5 Å². The highest BCUT2D eigenvalue weighted by atomic mass is 32.1. The Morgan fingerprint density at radius 2 is 1.62 bits per heavy atom. The lowest BCUT2D eigenvalue weighted by molar-refractivity contribution is -0.150. The number of ketones is 1. The van der Waals surface area contributed by atoms with Gasteiger partial charge in [-0.2, -0.15) is 0 Å². The summed E-state index contributed by atoms with van der Waals surface area (Å²) in [6.07, 6.45) is 1.85. The number of hydrogen-bond acceptors (Lipinski definition) is 15. The van der Waals surface area contributed by atoms with Gasteiger partial charge in [0.1, 0.15) is 10.7 Å². The first-order chi connectivity index (χ1) is 33.8. The Morgan fingerprint density at radius 1 is 0.958 bits per heavy atom. The molecule has 4 N–H and O–H groups in total. The lowest BCUT2D eigenvalue weighted by Gasteiger charge is -2.38. The molecule has 5 amide bonds. The third-order valence-corrected chi connectivity index (χ3v) is 14.2. The molecule has 1 aromatic carbocycles. The minimum Gasteiger partial charge on any atom is -0.469 e. The number of hydrogen-bond donors (Lipinski definition) is 4. The van der Waals surface area contributed by atoms with Crippen LogP contribution in [0.5, 0.6) is 5.75 Å². The van der Waals surface area contributed by atoms with Crippen molar-refractivity contribution < 1.29 is 57.4 Å². The van der Waals surface area contributed by atoms with Crippen LogP contribution in [0, 0.1) is 23.7 Å². The number of nitrogens with one attached hydrogen (secondary N) is 4. The van der Waals surface area contributed by atoms with Crippen LogP contribution >= 0.6 is 11.3 Å². The van der Waals surface area contributed by atoms with Crippen molar-refractivity contribution in [2.45, 2.75) is 144 Å². The lowest BCUT2D eigenvalue weighted by Crippen LogP contribution is -2.50. The molecule has 6 atom stereocenters. The summed E-state index contributed by atoms with van der Waals surface area (Å²) in [7, 11) is 6.64. The van der Waals surface area contributed by atoms with Gasteiger partial charge < -0.3 is 40.4 Å². The number of amides is 5. The molecule has 0 saturated heterocycles. The SMILES string of the molecule is CC[C@H](C)[C@H](CC(=O)C(C)(C)N(C)C)C(=O)N(C)[C@H](C[C@@H](OC(C)=O)c1nc(C(=O)N[C@@H](Cc2ccc3c(c2)NC(=O)CCCNC(=O)/C=C(/C)C(=O)NCCCC(=O)O3)CC(C)C(=O)OC)cs1)C(C)C. The van der Waals surface area contributed by atoms with E-state index in [0.29, 0.717) is 17.0 Å². The third kappa shape index (κ3) is 18.2. The van der Waals surface area contributed by atoms with E-state index in [1.807, 2.05) is 60.5 Å². The molecule has 398 valence electrons. The molecule has 3 rings (SSSR count). The molecule has 1 unspecified atom stereocenters. The van der Waals surface area contributed by atoms with Crippen molar-refractivity contribution in [1.29, 1.82) is 0 Å². The molecule has 20 heteroatoms. The second-order valence-corrected chi connectivity index (χ2v) is 20.6. The Kier molecular flexibility index (Phi) is 23.7. The maximum Gasteiger partial charge on any atom is 0.311 e. The fraction of sp³-hybridized carbons (Fsp3) is 0.615. The Labute approximate surface area is 428 Å². The summed E-state index contributed by atoms with van der Waals surface area (Å²) in [6, 6.07) is 3.65. The number of Topliss-reactive ketones (excluding diaryl/α,β-unsaturated/α-hetero) is 1. The third-order valence-electron chi connectivity index (χ3n) is 13.3. The van der Waals surface area contributed by atoms with Gasteiger partial charge in [-0.25, -0.2) is 4.98 Å². The molecule has 72 heavy (non-hydrogen) atoms. The first-order valence-electron chi connectivity index (χ1n) is 24.7. The zero-order valence-electron chi connectivity index (χ0n) is 44.4. The first-order valence-corrected chi connectivity index (χ1v) is 25.5. The largest absolute Gasteiger partial charge is 0.469 e. The topological polar surface area (TPSA) is 249 Å². The molecular weight excluding hydrogens is 947 g/mol. The van der Waals surface area contributed by atoms with Gasteiger partial charge >= 0.3 is 17.9 Å². The van der Waals surface area contributed by atoms with Crippen LogP contribution in [-0.4, -0.2) is 127 Å². The van der Waals surface area contributed by atoms with Gasteiger partial charge in [0.15, 0.2) is 17.6 Å². The Bertz CT molecular complexity index is 2290. The van der Waals surface area contributed by atoms with E-state index in [1.54, 1.807) is 31.0 Å². The number of fused-ring (bicyclic) bond motifs is 1. The summed E-state index contributed by atoms with van der Waals surface area (Å²) in [5.74, 6) is -5.25. The molecule has 0 spiro atoms. The van der Waals surface area contributed by atoms with Gasteiger partial charge in [-0.3, -0.25) is 48.1 Å². The van der Waals surface area contributed by atoms with Crippen molar-refractivity contribution in [1.82, 2.24) is 30.7 Å². The average molecular weight is 1020 g/mol. The number of ether oxygens (including phenoxy) is 3. The number of carbonyl (C=O) groups excluding carboxylic acids is 9. The van der Waals surface area contributed by atoms with Crippen molar-refractivity contribution >= 4 is 70.3 Å². The average Bonchev–Trinajstić information content (AvgIpc) is 3.82. The number of anilines is 1. The second kappa shape index (κ2) is 28.3. The van der Waals surface area contributed by atoms with Crippen molar-refractivity contribution in [3.05, 3.63) is 51.5 Å². The summed E-state index contributed by atoms with van der Waals surface area (Å²) in [6.45, 7) is 16.3. The van der Waals surface area contributed by atoms with Crippen LogP contribution in [0.2, 0.25) is 0 Å². The minimum atomic E-state index is -0.934. The molecule has 0 fully saturated rings. The van der Waals surface area contributed by atoms with Gasteiger partial charge in [0, 0.05) is 87.8 Å². The van der Waals surface area contributed by atoms with Gasteiger partial charge in [-0.1, -0.05) is 47.1 Å². The zero-order valence-corrected chi connectivity index (χ0v) is 45.2. The Morgan fingerprint density at radius 3 is 2.25 bits per heavy atom. The Hall–Kier alpha value is -6.02. The van der Waals surface area contributed by atoms with E-state index >= 15 is 0 Å². The summed E-state index contributed by atoms with van der Waals surface area (Å²) in [5, 5.41) is 13.0.